The van der Waals surface area contributed by atoms with Gasteiger partial charge in [0.05, 0.1) is 10.7 Å². The van der Waals surface area contributed by atoms with Crippen molar-refractivity contribution in [1.82, 2.24) is 0 Å². The molecule has 0 atom stereocenters. The molecule has 0 bridgehead atoms. The van der Waals surface area contributed by atoms with Crippen LogP contribution in [0.5, 0.6) is 11.5 Å². The van der Waals surface area contributed by atoms with E-state index in [0.717, 1.165) is 15.9 Å². The minimum atomic E-state index is 0.250. The van der Waals surface area contributed by atoms with Crippen molar-refractivity contribution in [3.63, 3.8) is 0 Å². The van der Waals surface area contributed by atoms with Crippen molar-refractivity contribution >= 4 is 33.2 Å². The lowest BCUT2D eigenvalue weighted by Crippen LogP contribution is -2.00. The van der Waals surface area contributed by atoms with Crippen LogP contribution in [0.3, 0.4) is 0 Å². The van der Waals surface area contributed by atoms with E-state index < -0.39 is 0 Å². The number of nitrogens with one attached hydrogen (secondary N) is 1. The molecule has 1 aliphatic heterocycles. The largest absolute Gasteiger partial charge is 0.454 e. The van der Waals surface area contributed by atoms with Crippen molar-refractivity contribution in [1.29, 1.82) is 0 Å². The number of rotatable bonds is 3. The predicted octanol–water partition coefficient (Wildman–Crippen LogP) is 4.75. The number of hydrogen-bond donors (Lipinski definition) is 1. The highest BCUT2D eigenvalue weighted by atomic mass is 79.9. The predicted molar refractivity (Wildman–Crippen MR) is 83.8 cm³/mol. The van der Waals surface area contributed by atoms with Crippen LogP contribution in [-0.2, 0) is 6.54 Å². The summed E-state index contributed by atoms with van der Waals surface area (Å²) in [5, 5.41) is 3.94. The summed E-state index contributed by atoms with van der Waals surface area (Å²) >= 11 is 9.76. The van der Waals surface area contributed by atoms with E-state index in [1.54, 1.807) is 6.07 Å². The highest BCUT2D eigenvalue weighted by molar-refractivity contribution is 9.10. The summed E-state index contributed by atoms with van der Waals surface area (Å²) in [7, 11) is 0. The van der Waals surface area contributed by atoms with Crippen molar-refractivity contribution < 1.29 is 9.47 Å². The molecule has 0 aromatic heterocycles. The Hall–Kier alpha value is -1.39. The van der Waals surface area contributed by atoms with E-state index in [1.165, 1.54) is 11.1 Å². The molecule has 2 aromatic carbocycles. The van der Waals surface area contributed by atoms with Gasteiger partial charge in [0.25, 0.3) is 0 Å². The first-order valence-corrected chi connectivity index (χ1v) is 7.38. The zero-order chi connectivity index (χ0) is 14.1. The fraction of sp³-hybridized carbons (Fsp3) is 0.200. The summed E-state index contributed by atoms with van der Waals surface area (Å²) in [6, 6.07) is 9.92. The molecule has 0 amide bonds. The maximum absolute atomic E-state index is 6.22. The van der Waals surface area contributed by atoms with E-state index >= 15 is 0 Å². The van der Waals surface area contributed by atoms with Crippen LogP contribution in [-0.4, -0.2) is 6.79 Å². The van der Waals surface area contributed by atoms with Crippen LogP contribution >= 0.6 is 27.5 Å². The third-order valence-corrected chi connectivity index (χ3v) is 4.35. The smallest absolute Gasteiger partial charge is 0.231 e. The zero-order valence-electron chi connectivity index (χ0n) is 10.9. The third kappa shape index (κ3) is 2.72. The van der Waals surface area contributed by atoms with Gasteiger partial charge in [-0.1, -0.05) is 39.7 Å². The quantitative estimate of drug-likeness (QED) is 0.862. The number of ether oxygens (including phenoxy) is 2. The lowest BCUT2D eigenvalue weighted by molar-refractivity contribution is 0.174. The highest BCUT2D eigenvalue weighted by Gasteiger charge is 2.16. The topological polar surface area (TPSA) is 30.5 Å². The van der Waals surface area contributed by atoms with Gasteiger partial charge in [-0.3, -0.25) is 0 Å². The van der Waals surface area contributed by atoms with Gasteiger partial charge in [0.1, 0.15) is 0 Å². The molecule has 0 fully saturated rings. The Labute approximate surface area is 131 Å². The summed E-state index contributed by atoms with van der Waals surface area (Å²) in [6.45, 7) is 3.01. The van der Waals surface area contributed by atoms with E-state index in [4.69, 9.17) is 21.1 Å². The number of halogens is 2. The molecule has 0 saturated carbocycles. The summed E-state index contributed by atoms with van der Waals surface area (Å²) in [5.41, 5.74) is 3.23. The second-order valence-electron chi connectivity index (χ2n) is 4.62. The van der Waals surface area contributed by atoms with Crippen LogP contribution < -0.4 is 14.8 Å². The molecule has 104 valence electrons. The van der Waals surface area contributed by atoms with Crippen molar-refractivity contribution in [2.45, 2.75) is 13.5 Å². The van der Waals surface area contributed by atoms with E-state index in [2.05, 4.69) is 46.4 Å². The second kappa shape index (κ2) is 5.54. The van der Waals surface area contributed by atoms with Crippen LogP contribution in [0.2, 0.25) is 5.02 Å². The van der Waals surface area contributed by atoms with E-state index in [0.29, 0.717) is 17.3 Å². The van der Waals surface area contributed by atoms with Gasteiger partial charge in [0.15, 0.2) is 11.5 Å². The van der Waals surface area contributed by atoms with Crippen molar-refractivity contribution in [2.24, 2.45) is 0 Å². The van der Waals surface area contributed by atoms with Gasteiger partial charge in [-0.15, -0.1) is 0 Å². The molecule has 1 aliphatic rings. The maximum atomic E-state index is 6.22. The molecule has 0 aliphatic carbocycles. The number of fused-ring (bicyclic) bond motifs is 1. The van der Waals surface area contributed by atoms with Crippen LogP contribution in [0.25, 0.3) is 0 Å². The van der Waals surface area contributed by atoms with Gasteiger partial charge in [-0.25, -0.2) is 0 Å². The minimum Gasteiger partial charge on any atom is -0.454 e. The Kier molecular flexibility index (Phi) is 3.76. The molecule has 0 spiro atoms. The normalized spacial score (nSPS) is 12.6. The van der Waals surface area contributed by atoms with Crippen LogP contribution in [0, 0.1) is 6.92 Å². The van der Waals surface area contributed by atoms with Crippen LogP contribution in [0.15, 0.2) is 34.8 Å². The van der Waals surface area contributed by atoms with E-state index in [9.17, 15) is 0 Å². The molecular weight excluding hydrogens is 342 g/mol. The first kappa shape index (κ1) is 13.6. The molecule has 2 aromatic rings. The molecule has 5 heteroatoms. The SMILES string of the molecule is Cc1ccc(CNc2cc3c(cc2Cl)OCO3)cc1Br. The van der Waals surface area contributed by atoms with Gasteiger partial charge < -0.3 is 14.8 Å². The Morgan fingerprint density at radius 1 is 1.20 bits per heavy atom. The van der Waals surface area contributed by atoms with Crippen molar-refractivity contribution in [3.05, 3.63) is 51.0 Å². The van der Waals surface area contributed by atoms with Gasteiger partial charge in [-0.2, -0.15) is 0 Å². The Balaban J connectivity index is 1.76. The Morgan fingerprint density at radius 3 is 2.70 bits per heavy atom. The van der Waals surface area contributed by atoms with Crippen molar-refractivity contribution in [2.75, 3.05) is 12.1 Å². The lowest BCUT2D eigenvalue weighted by atomic mass is 10.1. The van der Waals surface area contributed by atoms with Gasteiger partial charge in [0.2, 0.25) is 6.79 Å². The standard InChI is InChI=1S/C15H13BrClNO2/c1-9-2-3-10(4-11(9)16)7-18-13-6-15-14(5-12(13)17)19-8-20-15/h2-6,18H,7-8H2,1H3. The molecule has 1 N–H and O–H groups in total. The summed E-state index contributed by atoms with van der Waals surface area (Å²) in [6.07, 6.45) is 0. The zero-order valence-corrected chi connectivity index (χ0v) is 13.2. The van der Waals surface area contributed by atoms with Crippen LogP contribution in [0.1, 0.15) is 11.1 Å². The minimum absolute atomic E-state index is 0.250. The Morgan fingerprint density at radius 2 is 1.95 bits per heavy atom. The first-order chi connectivity index (χ1) is 9.63. The first-order valence-electron chi connectivity index (χ1n) is 6.21. The fourth-order valence-electron chi connectivity index (χ4n) is 2.00. The lowest BCUT2D eigenvalue weighted by Gasteiger charge is -2.10. The average molecular weight is 355 g/mol. The van der Waals surface area contributed by atoms with Gasteiger partial charge in [-0.05, 0) is 24.1 Å². The van der Waals surface area contributed by atoms with E-state index in [-0.39, 0.29) is 6.79 Å². The molecule has 0 saturated heterocycles. The van der Waals surface area contributed by atoms with E-state index in [1.807, 2.05) is 6.07 Å². The summed E-state index contributed by atoms with van der Waals surface area (Å²) in [5.74, 6) is 1.42. The van der Waals surface area contributed by atoms with Gasteiger partial charge in [0, 0.05) is 23.2 Å². The summed E-state index contributed by atoms with van der Waals surface area (Å²) < 4.78 is 11.7. The monoisotopic (exact) mass is 353 g/mol. The number of hydrogen-bond acceptors (Lipinski definition) is 3. The molecule has 0 radical (unpaired) electrons. The Bertz CT molecular complexity index is 661. The molecule has 0 unspecified atom stereocenters. The van der Waals surface area contributed by atoms with Crippen LogP contribution in [0.4, 0.5) is 5.69 Å². The average Bonchev–Trinajstić information content (AvgIpc) is 2.87. The molecule has 3 nitrogen and oxygen atoms in total. The number of aryl methyl sites for hydroxylation is 1. The maximum Gasteiger partial charge on any atom is 0.231 e. The second-order valence-corrected chi connectivity index (χ2v) is 5.88. The van der Waals surface area contributed by atoms with Crippen molar-refractivity contribution in [3.8, 4) is 11.5 Å². The number of anilines is 1. The summed E-state index contributed by atoms with van der Waals surface area (Å²) in [4.78, 5) is 0. The highest BCUT2D eigenvalue weighted by Crippen LogP contribution is 2.39. The molecule has 20 heavy (non-hydrogen) atoms. The molecular formula is C15H13BrClNO2. The van der Waals surface area contributed by atoms with Gasteiger partial charge >= 0.3 is 0 Å². The third-order valence-electron chi connectivity index (χ3n) is 3.18. The fourth-order valence-corrected chi connectivity index (χ4v) is 2.64. The number of benzene rings is 2. The molecule has 1 heterocycles. The molecule has 3 rings (SSSR count).